The summed E-state index contributed by atoms with van der Waals surface area (Å²) in [7, 11) is 0. The summed E-state index contributed by atoms with van der Waals surface area (Å²) in [5.74, 6) is 0. The van der Waals surface area contributed by atoms with Gasteiger partial charge in [0.1, 0.15) is 0 Å². The lowest BCUT2D eigenvalue weighted by molar-refractivity contribution is 1.45. The zero-order valence-electron chi connectivity index (χ0n) is 6.44. The van der Waals surface area contributed by atoms with Crippen molar-refractivity contribution in [3.8, 4) is 6.07 Å². The molecule has 13 heavy (non-hydrogen) atoms. The predicted octanol–water partition coefficient (Wildman–Crippen LogP) is 3.56. The Hall–Kier alpha value is -0.790. The average Bonchev–Trinajstić information content (AvgIpc) is 2.48. The highest BCUT2D eigenvalue weighted by Gasteiger charge is 2.06. The van der Waals surface area contributed by atoms with E-state index in [-0.39, 0.29) is 0 Å². The maximum atomic E-state index is 8.73. The molecule has 0 atom stereocenters. The zero-order valence-corrected chi connectivity index (χ0v) is 9.61. The van der Waals surface area contributed by atoms with Gasteiger partial charge in [-0.1, -0.05) is 15.9 Å². The lowest BCUT2D eigenvalue weighted by Crippen LogP contribution is -1.76. The summed E-state index contributed by atoms with van der Waals surface area (Å²) < 4.78 is 1.92. The van der Waals surface area contributed by atoms with Crippen LogP contribution in [-0.4, -0.2) is 4.98 Å². The molecule has 2 aromatic rings. The number of hydrogen-bond donors (Lipinski definition) is 1. The van der Waals surface area contributed by atoms with Crippen molar-refractivity contribution >= 4 is 42.8 Å². The van der Waals surface area contributed by atoms with Crippen LogP contribution in [0, 0.1) is 11.3 Å². The molecule has 0 bridgehead atoms. The molecular weight excluding hydrogens is 296 g/mol. The number of nitriles is 1. The lowest BCUT2D eigenvalue weighted by Gasteiger charge is -1.96. The van der Waals surface area contributed by atoms with Crippen LogP contribution < -0.4 is 0 Å². The molecule has 0 radical (unpaired) electrons. The largest absolute Gasteiger partial charge is 0.360 e. The van der Waals surface area contributed by atoms with E-state index in [9.17, 15) is 0 Å². The van der Waals surface area contributed by atoms with Gasteiger partial charge in [0.25, 0.3) is 0 Å². The van der Waals surface area contributed by atoms with Crippen molar-refractivity contribution in [1.82, 2.24) is 4.98 Å². The minimum atomic E-state index is 0.647. The standard InChI is InChI=1S/C9H4Br2N2/c10-6-1-5(3-12)2-8-9(6)7(11)4-13-8/h1-2,4,13H. The highest BCUT2D eigenvalue weighted by atomic mass is 79.9. The minimum absolute atomic E-state index is 0.647. The van der Waals surface area contributed by atoms with Gasteiger partial charge in [0.05, 0.1) is 11.6 Å². The van der Waals surface area contributed by atoms with Crippen molar-refractivity contribution in [2.45, 2.75) is 0 Å². The SMILES string of the molecule is N#Cc1cc(Br)c2c(Br)c[nH]c2c1. The van der Waals surface area contributed by atoms with Gasteiger partial charge in [0, 0.05) is 26.0 Å². The summed E-state index contributed by atoms with van der Waals surface area (Å²) in [6, 6.07) is 5.73. The van der Waals surface area contributed by atoms with Crippen LogP contribution in [0.1, 0.15) is 5.56 Å². The van der Waals surface area contributed by atoms with E-state index in [1.54, 1.807) is 6.07 Å². The third kappa shape index (κ3) is 1.38. The Kier molecular flexibility index (Phi) is 2.14. The van der Waals surface area contributed by atoms with Crippen LogP contribution in [0.25, 0.3) is 10.9 Å². The fourth-order valence-corrected chi connectivity index (χ4v) is 2.72. The van der Waals surface area contributed by atoms with E-state index in [2.05, 4.69) is 42.9 Å². The Bertz CT molecular complexity index is 508. The van der Waals surface area contributed by atoms with Crippen molar-refractivity contribution in [2.24, 2.45) is 0 Å². The highest BCUT2D eigenvalue weighted by molar-refractivity contribution is 9.11. The molecule has 0 saturated carbocycles. The second-order valence-corrected chi connectivity index (χ2v) is 4.34. The topological polar surface area (TPSA) is 39.6 Å². The molecule has 4 heteroatoms. The molecule has 0 aliphatic heterocycles. The molecular formula is C9H4Br2N2. The Morgan fingerprint density at radius 2 is 2.00 bits per heavy atom. The quantitative estimate of drug-likeness (QED) is 0.794. The fourth-order valence-electron chi connectivity index (χ4n) is 1.24. The predicted molar refractivity (Wildman–Crippen MR) is 58.4 cm³/mol. The van der Waals surface area contributed by atoms with Crippen molar-refractivity contribution in [2.75, 3.05) is 0 Å². The molecule has 1 aromatic carbocycles. The zero-order chi connectivity index (χ0) is 9.42. The molecule has 0 aliphatic rings. The minimum Gasteiger partial charge on any atom is -0.360 e. The van der Waals surface area contributed by atoms with Crippen LogP contribution in [0.15, 0.2) is 27.3 Å². The molecule has 64 valence electrons. The van der Waals surface area contributed by atoms with Gasteiger partial charge in [-0.05, 0) is 28.1 Å². The monoisotopic (exact) mass is 298 g/mol. The molecule has 0 spiro atoms. The summed E-state index contributed by atoms with van der Waals surface area (Å²) in [5, 5.41) is 9.80. The van der Waals surface area contributed by atoms with Crippen LogP contribution in [-0.2, 0) is 0 Å². The Morgan fingerprint density at radius 1 is 1.23 bits per heavy atom. The number of aromatic nitrogens is 1. The number of halogens is 2. The molecule has 0 amide bonds. The van der Waals surface area contributed by atoms with Crippen molar-refractivity contribution in [1.29, 1.82) is 5.26 Å². The number of nitrogens with zero attached hydrogens (tertiary/aromatic N) is 1. The molecule has 0 fully saturated rings. The maximum Gasteiger partial charge on any atom is 0.0992 e. The van der Waals surface area contributed by atoms with Gasteiger partial charge in [-0.3, -0.25) is 0 Å². The van der Waals surface area contributed by atoms with E-state index >= 15 is 0 Å². The first-order valence-electron chi connectivity index (χ1n) is 3.58. The van der Waals surface area contributed by atoms with Crippen LogP contribution in [0.3, 0.4) is 0 Å². The summed E-state index contributed by atoms with van der Waals surface area (Å²) in [6.45, 7) is 0. The first kappa shape index (κ1) is 8.79. The van der Waals surface area contributed by atoms with Crippen LogP contribution in [0.2, 0.25) is 0 Å². The van der Waals surface area contributed by atoms with Crippen LogP contribution in [0.5, 0.6) is 0 Å². The van der Waals surface area contributed by atoms with Gasteiger partial charge in [-0.2, -0.15) is 5.26 Å². The second kappa shape index (κ2) is 3.17. The molecule has 2 rings (SSSR count). The van der Waals surface area contributed by atoms with E-state index in [1.807, 2.05) is 12.3 Å². The molecule has 1 heterocycles. The van der Waals surface area contributed by atoms with Gasteiger partial charge in [-0.15, -0.1) is 0 Å². The van der Waals surface area contributed by atoms with E-state index in [0.29, 0.717) is 5.56 Å². The number of nitrogens with one attached hydrogen (secondary N) is 1. The van der Waals surface area contributed by atoms with E-state index in [4.69, 9.17) is 5.26 Å². The number of hydrogen-bond acceptors (Lipinski definition) is 1. The smallest absolute Gasteiger partial charge is 0.0992 e. The highest BCUT2D eigenvalue weighted by Crippen LogP contribution is 2.31. The summed E-state index contributed by atoms with van der Waals surface area (Å²) in [5.41, 5.74) is 1.60. The molecule has 0 aliphatic carbocycles. The van der Waals surface area contributed by atoms with Gasteiger partial charge in [-0.25, -0.2) is 0 Å². The maximum absolute atomic E-state index is 8.73. The Balaban J connectivity index is 2.89. The first-order chi connectivity index (χ1) is 6.22. The van der Waals surface area contributed by atoms with E-state index < -0.39 is 0 Å². The van der Waals surface area contributed by atoms with Crippen LogP contribution in [0.4, 0.5) is 0 Å². The average molecular weight is 300 g/mol. The van der Waals surface area contributed by atoms with Crippen molar-refractivity contribution in [3.63, 3.8) is 0 Å². The Labute approximate surface area is 91.8 Å². The molecule has 1 N–H and O–H groups in total. The summed E-state index contributed by atoms with van der Waals surface area (Å²) >= 11 is 6.84. The second-order valence-electron chi connectivity index (χ2n) is 2.63. The number of rotatable bonds is 0. The number of H-pyrrole nitrogens is 1. The van der Waals surface area contributed by atoms with E-state index in [0.717, 1.165) is 19.8 Å². The molecule has 0 saturated heterocycles. The summed E-state index contributed by atoms with van der Waals surface area (Å²) in [4.78, 5) is 3.08. The van der Waals surface area contributed by atoms with Crippen molar-refractivity contribution in [3.05, 3.63) is 32.8 Å². The number of fused-ring (bicyclic) bond motifs is 1. The van der Waals surface area contributed by atoms with Crippen LogP contribution >= 0.6 is 31.9 Å². The van der Waals surface area contributed by atoms with Gasteiger partial charge >= 0.3 is 0 Å². The molecule has 1 aromatic heterocycles. The lowest BCUT2D eigenvalue weighted by atomic mass is 10.2. The third-order valence-corrected chi connectivity index (χ3v) is 3.06. The van der Waals surface area contributed by atoms with Crippen molar-refractivity contribution < 1.29 is 0 Å². The molecule has 2 nitrogen and oxygen atoms in total. The first-order valence-corrected chi connectivity index (χ1v) is 5.17. The van der Waals surface area contributed by atoms with Gasteiger partial charge in [0.2, 0.25) is 0 Å². The van der Waals surface area contributed by atoms with Gasteiger partial charge < -0.3 is 4.98 Å². The fraction of sp³-hybridized carbons (Fsp3) is 0. The van der Waals surface area contributed by atoms with E-state index in [1.165, 1.54) is 0 Å². The number of benzene rings is 1. The third-order valence-electron chi connectivity index (χ3n) is 1.81. The Morgan fingerprint density at radius 3 is 2.69 bits per heavy atom. The number of aromatic amines is 1. The van der Waals surface area contributed by atoms with Gasteiger partial charge in [0.15, 0.2) is 0 Å². The normalized spacial score (nSPS) is 10.2. The summed E-state index contributed by atoms with van der Waals surface area (Å²) in [6.07, 6.45) is 1.86. The molecule has 0 unspecified atom stereocenters.